The van der Waals surface area contributed by atoms with E-state index >= 15 is 0 Å². The Bertz CT molecular complexity index is 533. The first-order valence-electron chi connectivity index (χ1n) is 6.43. The van der Waals surface area contributed by atoms with Gasteiger partial charge in [-0.1, -0.05) is 48.7 Å². The number of carboxylic acids is 1. The molecular weight excluding hydrogens is 337 g/mol. The normalized spacial score (nSPS) is 11.3. The minimum absolute atomic E-state index is 0.148. The molecule has 0 aromatic heterocycles. The first-order valence-corrected chi connectivity index (χ1v) is 7.57. The highest BCUT2D eigenvalue weighted by Gasteiger charge is 2.37. The smallest absolute Gasteiger partial charge is 0.310 e. The fourth-order valence-electron chi connectivity index (χ4n) is 2.03. The van der Waals surface area contributed by atoms with Crippen molar-refractivity contribution >= 4 is 52.4 Å². The quantitative estimate of drug-likeness (QED) is 0.768. The molecular formula is C14H16Cl3NO3. The number of rotatable bonds is 6. The van der Waals surface area contributed by atoms with E-state index in [9.17, 15) is 14.7 Å². The highest BCUT2D eigenvalue weighted by Crippen LogP contribution is 2.35. The fourth-order valence-corrected chi connectivity index (χ4v) is 2.94. The molecule has 0 saturated carbocycles. The number of amides is 1. The average Bonchev–Trinajstić information content (AvgIpc) is 2.40. The number of hydrogen-bond donors (Lipinski definition) is 2. The van der Waals surface area contributed by atoms with E-state index in [1.807, 2.05) is 0 Å². The molecule has 0 unspecified atom stereocenters. The second-order valence-corrected chi connectivity index (χ2v) is 6.01. The Morgan fingerprint density at radius 1 is 1.14 bits per heavy atom. The fraction of sp³-hybridized carbons (Fsp3) is 0.429. The Morgan fingerprint density at radius 2 is 1.62 bits per heavy atom. The van der Waals surface area contributed by atoms with Gasteiger partial charge in [-0.25, -0.2) is 0 Å². The summed E-state index contributed by atoms with van der Waals surface area (Å²) in [5.41, 5.74) is -0.852. The van der Waals surface area contributed by atoms with E-state index in [-0.39, 0.29) is 22.2 Å². The predicted molar refractivity (Wildman–Crippen MR) is 85.4 cm³/mol. The van der Waals surface area contributed by atoms with Gasteiger partial charge in [0.2, 0.25) is 5.91 Å². The molecule has 0 heterocycles. The summed E-state index contributed by atoms with van der Waals surface area (Å²) in [6.45, 7) is 3.49. The number of benzene rings is 1. The summed E-state index contributed by atoms with van der Waals surface area (Å²) in [4.78, 5) is 23.5. The molecule has 1 aromatic carbocycles. The van der Waals surface area contributed by atoms with Crippen molar-refractivity contribution in [1.29, 1.82) is 0 Å². The van der Waals surface area contributed by atoms with Crippen molar-refractivity contribution in [3.8, 4) is 0 Å². The standard InChI is InChI=1S/C14H16Cl3NO3/c1-3-14(4-2,13(20)21)7-11(19)18-12-9(16)5-8(15)6-10(12)17/h5-6H,3-4,7H2,1-2H3,(H,18,19)(H,20,21). The lowest BCUT2D eigenvalue weighted by molar-refractivity contribution is -0.151. The first kappa shape index (κ1) is 18.1. The zero-order valence-electron chi connectivity index (χ0n) is 11.7. The lowest BCUT2D eigenvalue weighted by Crippen LogP contribution is -2.34. The maximum absolute atomic E-state index is 12.1. The molecule has 0 saturated heterocycles. The predicted octanol–water partition coefficient (Wildman–Crippen LogP) is 4.87. The van der Waals surface area contributed by atoms with Crippen molar-refractivity contribution < 1.29 is 14.7 Å². The number of nitrogens with one attached hydrogen (secondary N) is 1. The van der Waals surface area contributed by atoms with Crippen molar-refractivity contribution in [2.24, 2.45) is 5.41 Å². The Balaban J connectivity index is 2.95. The first-order chi connectivity index (χ1) is 9.75. The second-order valence-electron chi connectivity index (χ2n) is 4.76. The summed E-state index contributed by atoms with van der Waals surface area (Å²) >= 11 is 17.8. The van der Waals surface area contributed by atoms with E-state index in [1.54, 1.807) is 13.8 Å². The molecule has 116 valence electrons. The summed E-state index contributed by atoms with van der Waals surface area (Å²) in [5.74, 6) is -1.44. The Kier molecular flexibility index (Phi) is 6.32. The van der Waals surface area contributed by atoms with E-state index in [1.165, 1.54) is 12.1 Å². The van der Waals surface area contributed by atoms with Gasteiger partial charge in [0.15, 0.2) is 0 Å². The maximum Gasteiger partial charge on any atom is 0.310 e. The third-order valence-electron chi connectivity index (χ3n) is 3.58. The summed E-state index contributed by atoms with van der Waals surface area (Å²) in [7, 11) is 0. The van der Waals surface area contributed by atoms with E-state index in [0.717, 1.165) is 0 Å². The zero-order chi connectivity index (χ0) is 16.2. The molecule has 0 radical (unpaired) electrons. The van der Waals surface area contributed by atoms with Crippen LogP contribution >= 0.6 is 34.8 Å². The van der Waals surface area contributed by atoms with Crippen molar-refractivity contribution in [2.45, 2.75) is 33.1 Å². The summed E-state index contributed by atoms with van der Waals surface area (Å²) in [5, 5.41) is 12.7. The number of carboxylic acid groups (broad SMARTS) is 1. The molecule has 4 nitrogen and oxygen atoms in total. The van der Waals surface area contributed by atoms with Crippen LogP contribution < -0.4 is 5.32 Å². The summed E-state index contributed by atoms with van der Waals surface area (Å²) in [6, 6.07) is 2.91. The van der Waals surface area contributed by atoms with Gasteiger partial charge in [0.1, 0.15) is 0 Å². The van der Waals surface area contributed by atoms with Crippen LogP contribution in [0.25, 0.3) is 0 Å². The molecule has 2 N–H and O–H groups in total. The zero-order valence-corrected chi connectivity index (χ0v) is 13.9. The van der Waals surface area contributed by atoms with Crippen LogP contribution in [0.4, 0.5) is 5.69 Å². The van der Waals surface area contributed by atoms with Crippen molar-refractivity contribution in [3.05, 3.63) is 27.2 Å². The van der Waals surface area contributed by atoms with Crippen LogP contribution in [0.15, 0.2) is 12.1 Å². The Labute approximate surface area is 138 Å². The number of hydrogen-bond acceptors (Lipinski definition) is 2. The third-order valence-corrected chi connectivity index (χ3v) is 4.39. The SMILES string of the molecule is CCC(CC)(CC(=O)Nc1c(Cl)cc(Cl)cc1Cl)C(=O)O. The highest BCUT2D eigenvalue weighted by atomic mass is 35.5. The number of anilines is 1. The lowest BCUT2D eigenvalue weighted by Gasteiger charge is -2.26. The van der Waals surface area contributed by atoms with Gasteiger partial charge < -0.3 is 10.4 Å². The van der Waals surface area contributed by atoms with Gasteiger partial charge in [0.25, 0.3) is 0 Å². The van der Waals surface area contributed by atoms with E-state index < -0.39 is 17.3 Å². The molecule has 0 atom stereocenters. The van der Waals surface area contributed by atoms with Gasteiger partial charge in [-0.05, 0) is 25.0 Å². The second kappa shape index (κ2) is 7.34. The minimum Gasteiger partial charge on any atom is -0.481 e. The van der Waals surface area contributed by atoms with Crippen molar-refractivity contribution in [2.75, 3.05) is 5.32 Å². The molecule has 0 bridgehead atoms. The highest BCUT2D eigenvalue weighted by molar-refractivity contribution is 6.42. The van der Waals surface area contributed by atoms with Crippen molar-refractivity contribution in [1.82, 2.24) is 0 Å². The molecule has 7 heteroatoms. The molecule has 0 spiro atoms. The Hall–Kier alpha value is -0.970. The van der Waals surface area contributed by atoms with Crippen molar-refractivity contribution in [3.63, 3.8) is 0 Å². The molecule has 1 aromatic rings. The van der Waals surface area contributed by atoms with Gasteiger partial charge in [-0.2, -0.15) is 0 Å². The number of halogens is 3. The van der Waals surface area contributed by atoms with Crippen LogP contribution in [-0.4, -0.2) is 17.0 Å². The number of carbonyl (C=O) groups is 2. The van der Waals surface area contributed by atoms with Crippen LogP contribution in [0.3, 0.4) is 0 Å². The van der Waals surface area contributed by atoms with Crippen LogP contribution in [0.1, 0.15) is 33.1 Å². The van der Waals surface area contributed by atoms with E-state index in [2.05, 4.69) is 5.32 Å². The molecule has 0 aliphatic carbocycles. The molecule has 1 amide bonds. The minimum atomic E-state index is -1.09. The molecule has 1 rings (SSSR count). The topological polar surface area (TPSA) is 66.4 Å². The van der Waals surface area contributed by atoms with E-state index in [4.69, 9.17) is 34.8 Å². The van der Waals surface area contributed by atoms with Gasteiger partial charge in [0.05, 0.1) is 21.1 Å². The number of carbonyl (C=O) groups excluding carboxylic acids is 1. The van der Waals surface area contributed by atoms with Crippen LogP contribution in [0.2, 0.25) is 15.1 Å². The monoisotopic (exact) mass is 351 g/mol. The molecule has 21 heavy (non-hydrogen) atoms. The summed E-state index contributed by atoms with van der Waals surface area (Å²) in [6.07, 6.45) is 0.563. The van der Waals surface area contributed by atoms with Crippen LogP contribution in [-0.2, 0) is 9.59 Å². The molecule has 0 aliphatic heterocycles. The molecule has 0 fully saturated rings. The van der Waals surface area contributed by atoms with Gasteiger partial charge in [-0.15, -0.1) is 0 Å². The van der Waals surface area contributed by atoms with Gasteiger partial charge in [-0.3, -0.25) is 9.59 Å². The maximum atomic E-state index is 12.1. The number of aliphatic carboxylic acids is 1. The molecule has 0 aliphatic rings. The van der Waals surface area contributed by atoms with Crippen LogP contribution in [0.5, 0.6) is 0 Å². The Morgan fingerprint density at radius 3 is 2.00 bits per heavy atom. The lowest BCUT2D eigenvalue weighted by atomic mass is 9.79. The summed E-state index contributed by atoms with van der Waals surface area (Å²) < 4.78 is 0. The van der Waals surface area contributed by atoms with Gasteiger partial charge in [0, 0.05) is 11.4 Å². The van der Waals surface area contributed by atoms with Crippen LogP contribution in [0, 0.1) is 5.41 Å². The van der Waals surface area contributed by atoms with Gasteiger partial charge >= 0.3 is 5.97 Å². The average molecular weight is 353 g/mol. The largest absolute Gasteiger partial charge is 0.481 e. The van der Waals surface area contributed by atoms with E-state index in [0.29, 0.717) is 17.9 Å². The third kappa shape index (κ3) is 4.25.